The molecule has 2 saturated heterocycles. The van der Waals surface area contributed by atoms with Gasteiger partial charge < -0.3 is 15.3 Å². The lowest BCUT2D eigenvalue weighted by Gasteiger charge is -2.34. The van der Waals surface area contributed by atoms with Gasteiger partial charge in [0.15, 0.2) is 0 Å². The van der Waals surface area contributed by atoms with Crippen molar-refractivity contribution in [3.63, 3.8) is 0 Å². The summed E-state index contributed by atoms with van der Waals surface area (Å²) in [6, 6.07) is 9.13. The number of nitrogens with one attached hydrogen (secondary N) is 1. The number of rotatable bonds is 6. The van der Waals surface area contributed by atoms with Gasteiger partial charge in [-0.2, -0.15) is 0 Å². The van der Waals surface area contributed by atoms with E-state index in [0.29, 0.717) is 0 Å². The summed E-state index contributed by atoms with van der Waals surface area (Å²) in [5.74, 6) is -0.215. The van der Waals surface area contributed by atoms with Gasteiger partial charge in [-0.1, -0.05) is 56.3 Å². The van der Waals surface area contributed by atoms with Crippen molar-refractivity contribution >= 4 is 11.8 Å². The molecule has 184 valence electrons. The third-order valence-electron chi connectivity index (χ3n) is 6.90. The minimum atomic E-state index is -0.715. The fourth-order valence-corrected chi connectivity index (χ4v) is 5.17. The van der Waals surface area contributed by atoms with Crippen molar-refractivity contribution in [2.45, 2.75) is 64.3 Å². The summed E-state index contributed by atoms with van der Waals surface area (Å²) >= 11 is 0. The van der Waals surface area contributed by atoms with Crippen LogP contribution in [0.25, 0.3) is 0 Å². The maximum Gasteiger partial charge on any atom is 0.248 e. The molecule has 4 rings (SSSR count). The molecule has 2 aliphatic rings. The highest BCUT2D eigenvalue weighted by Gasteiger charge is 2.45. The summed E-state index contributed by atoms with van der Waals surface area (Å²) in [6.07, 6.45) is 2.42. The molecule has 0 saturated carbocycles. The fourth-order valence-electron chi connectivity index (χ4n) is 5.17. The van der Waals surface area contributed by atoms with Crippen molar-refractivity contribution in [2.75, 3.05) is 26.7 Å². The Morgan fingerprint density at radius 2 is 1.94 bits per heavy atom. The molecule has 2 aromatic rings. The number of nitrogens with zero attached hydrogens (tertiary/aromatic N) is 5. The number of aliphatic hydroxyl groups is 1. The molecule has 34 heavy (non-hydrogen) atoms. The second-order valence-corrected chi connectivity index (χ2v) is 10.6. The lowest BCUT2D eigenvalue weighted by molar-refractivity contribution is -0.144. The van der Waals surface area contributed by atoms with E-state index in [2.05, 4.69) is 44.8 Å². The highest BCUT2D eigenvalue weighted by atomic mass is 16.3. The van der Waals surface area contributed by atoms with E-state index in [0.717, 1.165) is 31.7 Å². The first kappa shape index (κ1) is 24.3. The number of carbonyl (C=O) groups is 2. The zero-order valence-corrected chi connectivity index (χ0v) is 20.5. The second kappa shape index (κ2) is 9.84. The van der Waals surface area contributed by atoms with Crippen LogP contribution in [0.3, 0.4) is 0 Å². The number of hydrogen-bond acceptors (Lipinski definition) is 6. The average molecular weight is 469 g/mol. The van der Waals surface area contributed by atoms with Crippen LogP contribution in [0, 0.1) is 5.41 Å². The molecule has 1 unspecified atom stereocenters. The van der Waals surface area contributed by atoms with Gasteiger partial charge in [-0.05, 0) is 23.9 Å². The van der Waals surface area contributed by atoms with Gasteiger partial charge in [0.2, 0.25) is 11.8 Å². The van der Waals surface area contributed by atoms with E-state index in [-0.39, 0.29) is 30.7 Å². The molecule has 2 N–H and O–H groups in total. The van der Waals surface area contributed by atoms with Crippen molar-refractivity contribution in [1.82, 2.24) is 30.1 Å². The Bertz CT molecular complexity index is 1000. The van der Waals surface area contributed by atoms with Crippen molar-refractivity contribution < 1.29 is 14.7 Å². The van der Waals surface area contributed by atoms with Crippen molar-refractivity contribution in [3.8, 4) is 0 Å². The fraction of sp³-hybridized carbons (Fsp3) is 0.600. The molecule has 1 aromatic carbocycles. The summed E-state index contributed by atoms with van der Waals surface area (Å²) in [7, 11) is 1.54. The molecule has 2 fully saturated rings. The first-order chi connectivity index (χ1) is 16.2. The van der Waals surface area contributed by atoms with Crippen LogP contribution in [0.5, 0.6) is 0 Å². The predicted octanol–water partition coefficient (Wildman–Crippen LogP) is 1.56. The molecule has 3 heterocycles. The van der Waals surface area contributed by atoms with Gasteiger partial charge in [0.25, 0.3) is 0 Å². The molecular weight excluding hydrogens is 432 g/mol. The Morgan fingerprint density at radius 3 is 2.62 bits per heavy atom. The van der Waals surface area contributed by atoms with E-state index in [4.69, 9.17) is 0 Å². The molecule has 9 heteroatoms. The van der Waals surface area contributed by atoms with E-state index < -0.39 is 23.6 Å². The number of aromatic nitrogens is 3. The number of benzene rings is 1. The maximum atomic E-state index is 13.7. The van der Waals surface area contributed by atoms with Crippen molar-refractivity contribution in [1.29, 1.82) is 0 Å². The van der Waals surface area contributed by atoms with Crippen LogP contribution in [0.4, 0.5) is 0 Å². The number of hydrogen-bond donors (Lipinski definition) is 2. The zero-order chi connectivity index (χ0) is 24.5. The Hall–Kier alpha value is -2.78. The van der Waals surface area contributed by atoms with Crippen molar-refractivity contribution in [3.05, 3.63) is 47.8 Å². The van der Waals surface area contributed by atoms with Gasteiger partial charge in [-0.3, -0.25) is 14.5 Å². The molecule has 0 radical (unpaired) electrons. The molecule has 0 aliphatic carbocycles. The van der Waals surface area contributed by atoms with Crippen LogP contribution in [0.2, 0.25) is 0 Å². The molecule has 1 aromatic heterocycles. The monoisotopic (exact) mass is 468 g/mol. The van der Waals surface area contributed by atoms with E-state index in [1.165, 1.54) is 10.5 Å². The summed E-state index contributed by atoms with van der Waals surface area (Å²) in [6.45, 7) is 8.89. The maximum absolute atomic E-state index is 13.7. The highest BCUT2D eigenvalue weighted by molar-refractivity contribution is 5.90. The summed E-state index contributed by atoms with van der Waals surface area (Å²) in [4.78, 5) is 30.0. The molecule has 4 atom stereocenters. The van der Waals surface area contributed by atoms with Gasteiger partial charge in [0.05, 0.1) is 11.8 Å². The molecule has 2 aliphatic heterocycles. The zero-order valence-electron chi connectivity index (χ0n) is 20.5. The number of carbonyl (C=O) groups excluding carboxylic acids is 2. The number of likely N-dealkylation sites (tertiary alicyclic amines) is 2. The molecule has 0 spiro atoms. The minimum Gasteiger partial charge on any atom is -0.391 e. The smallest absolute Gasteiger partial charge is 0.248 e. The number of likely N-dealkylation sites (N-methyl/N-ethyl adjacent to an activating group) is 1. The third kappa shape index (κ3) is 5.15. The van der Waals surface area contributed by atoms with Gasteiger partial charge in [-0.15, -0.1) is 5.10 Å². The standard InChI is InChI=1S/C25H36N6O3/c1-25(2,3)22(24(34)30-15-19(32)12-21(30)23(33)26-4)31-16-20(27-28-31)18-10-11-29(14-18)13-17-8-6-5-7-9-17/h5-9,16,18-19,21-22,32H,10-15H2,1-4H3,(H,26,33)/t18?,19-,21+,22+/m0/s1. The first-order valence-corrected chi connectivity index (χ1v) is 12.1. The van der Waals surface area contributed by atoms with Crippen LogP contribution in [-0.2, 0) is 16.1 Å². The average Bonchev–Trinajstić information content (AvgIpc) is 3.53. The third-order valence-corrected chi connectivity index (χ3v) is 6.90. The van der Waals surface area contributed by atoms with Gasteiger partial charge in [-0.25, -0.2) is 4.68 Å². The van der Waals surface area contributed by atoms with Crippen LogP contribution in [0.1, 0.15) is 56.8 Å². The van der Waals surface area contributed by atoms with E-state index >= 15 is 0 Å². The van der Waals surface area contributed by atoms with Crippen LogP contribution < -0.4 is 5.32 Å². The highest BCUT2D eigenvalue weighted by Crippen LogP contribution is 2.35. The lowest BCUT2D eigenvalue weighted by Crippen LogP contribution is -2.49. The Kier molecular flexibility index (Phi) is 7.04. The molecule has 2 amide bonds. The molecule has 9 nitrogen and oxygen atoms in total. The van der Waals surface area contributed by atoms with Gasteiger partial charge >= 0.3 is 0 Å². The number of β-amino-alcohol motifs (C(OH)–C–C–N with tert-alkyl or cyclic N) is 1. The second-order valence-electron chi connectivity index (χ2n) is 10.6. The normalized spacial score (nSPS) is 24.4. The minimum absolute atomic E-state index is 0.141. The van der Waals surface area contributed by atoms with Crippen LogP contribution in [-0.4, -0.2) is 80.5 Å². The van der Waals surface area contributed by atoms with Gasteiger partial charge in [0.1, 0.15) is 12.1 Å². The molecular formula is C25H36N6O3. The number of amides is 2. The number of aliphatic hydroxyl groups excluding tert-OH is 1. The summed E-state index contributed by atoms with van der Waals surface area (Å²) in [5, 5.41) is 21.6. The van der Waals surface area contributed by atoms with E-state index in [9.17, 15) is 14.7 Å². The van der Waals surface area contributed by atoms with Gasteiger partial charge in [0, 0.05) is 45.2 Å². The Labute approximate surface area is 201 Å². The lowest BCUT2D eigenvalue weighted by atomic mass is 9.85. The van der Waals surface area contributed by atoms with Crippen molar-refractivity contribution in [2.24, 2.45) is 5.41 Å². The summed E-state index contributed by atoms with van der Waals surface area (Å²) in [5.41, 5.74) is 1.73. The quantitative estimate of drug-likeness (QED) is 0.667. The SMILES string of the molecule is CNC(=O)[C@H]1C[C@H](O)CN1C(=O)[C@@H](n1cc(C2CCN(Cc3ccccc3)C2)nn1)C(C)(C)C. The predicted molar refractivity (Wildman–Crippen MR) is 128 cm³/mol. The summed E-state index contributed by atoms with van der Waals surface area (Å²) < 4.78 is 1.66. The topological polar surface area (TPSA) is 104 Å². The largest absolute Gasteiger partial charge is 0.391 e. The molecule has 0 bridgehead atoms. The van der Waals surface area contributed by atoms with Crippen LogP contribution in [0.15, 0.2) is 36.5 Å². The first-order valence-electron chi connectivity index (χ1n) is 12.1. The van der Waals surface area contributed by atoms with Crippen LogP contribution >= 0.6 is 0 Å². The van der Waals surface area contributed by atoms with E-state index in [1.807, 2.05) is 33.0 Å². The Morgan fingerprint density at radius 1 is 1.21 bits per heavy atom. The Balaban J connectivity index is 1.50. The van der Waals surface area contributed by atoms with E-state index in [1.54, 1.807) is 11.7 Å².